The lowest BCUT2D eigenvalue weighted by molar-refractivity contribution is 0.358. The fourth-order valence-electron chi connectivity index (χ4n) is 2.12. The van der Waals surface area contributed by atoms with Crippen LogP contribution < -0.4 is 5.32 Å². The van der Waals surface area contributed by atoms with Crippen molar-refractivity contribution >= 4 is 11.3 Å². The van der Waals surface area contributed by atoms with Crippen molar-refractivity contribution < 1.29 is 0 Å². The van der Waals surface area contributed by atoms with Crippen molar-refractivity contribution in [2.24, 2.45) is 5.92 Å². The highest BCUT2D eigenvalue weighted by Crippen LogP contribution is 2.19. The van der Waals surface area contributed by atoms with Crippen LogP contribution in [0, 0.1) is 5.92 Å². The Balaban J connectivity index is 1.76. The Morgan fingerprint density at radius 2 is 2.53 bits per heavy atom. The lowest BCUT2D eigenvalue weighted by Gasteiger charge is -2.22. The van der Waals surface area contributed by atoms with Crippen molar-refractivity contribution in [1.82, 2.24) is 10.3 Å². The van der Waals surface area contributed by atoms with Crippen LogP contribution in [0.3, 0.4) is 0 Å². The molecule has 1 atom stereocenters. The lowest BCUT2D eigenvalue weighted by atomic mass is 9.95. The molecule has 0 amide bonds. The summed E-state index contributed by atoms with van der Waals surface area (Å²) in [6.07, 6.45) is 6.31. The molecule has 1 aromatic heterocycles. The molecule has 2 nitrogen and oxygen atoms in total. The number of piperidine rings is 1. The van der Waals surface area contributed by atoms with E-state index in [2.05, 4.69) is 22.6 Å². The molecule has 1 saturated heterocycles. The molecule has 0 saturated carbocycles. The van der Waals surface area contributed by atoms with Crippen LogP contribution >= 0.6 is 11.3 Å². The van der Waals surface area contributed by atoms with Gasteiger partial charge in [-0.1, -0.05) is 6.92 Å². The van der Waals surface area contributed by atoms with Crippen molar-refractivity contribution in [3.63, 3.8) is 0 Å². The third-order valence-electron chi connectivity index (χ3n) is 3.13. The number of aromatic nitrogens is 1. The van der Waals surface area contributed by atoms with Gasteiger partial charge in [-0.2, -0.15) is 0 Å². The van der Waals surface area contributed by atoms with E-state index in [1.54, 1.807) is 0 Å². The molecular weight excluding hydrogens is 204 g/mol. The van der Waals surface area contributed by atoms with Gasteiger partial charge in [0.15, 0.2) is 0 Å². The van der Waals surface area contributed by atoms with Crippen molar-refractivity contribution in [3.8, 4) is 0 Å². The van der Waals surface area contributed by atoms with Crippen LogP contribution in [0.2, 0.25) is 0 Å². The average Bonchev–Trinajstić information content (AvgIpc) is 2.76. The summed E-state index contributed by atoms with van der Waals surface area (Å²) in [4.78, 5) is 4.61. The second-order valence-electron chi connectivity index (χ2n) is 4.34. The Morgan fingerprint density at radius 1 is 1.60 bits per heavy atom. The topological polar surface area (TPSA) is 24.9 Å². The Labute approximate surface area is 96.1 Å². The van der Waals surface area contributed by atoms with E-state index in [1.807, 2.05) is 11.3 Å². The second kappa shape index (κ2) is 5.61. The highest BCUT2D eigenvalue weighted by Gasteiger charge is 2.13. The molecule has 0 bridgehead atoms. The van der Waals surface area contributed by atoms with E-state index >= 15 is 0 Å². The SMILES string of the molecule is CCc1csc(CCC2CCCNC2)n1. The number of nitrogens with zero attached hydrogens (tertiary/aromatic N) is 1. The van der Waals surface area contributed by atoms with Crippen molar-refractivity contribution in [2.45, 2.75) is 39.0 Å². The van der Waals surface area contributed by atoms with Gasteiger partial charge in [-0.15, -0.1) is 11.3 Å². The van der Waals surface area contributed by atoms with Gasteiger partial charge in [-0.05, 0) is 51.1 Å². The number of nitrogens with one attached hydrogen (secondary N) is 1. The first kappa shape index (κ1) is 11.1. The first-order valence-corrected chi connectivity index (χ1v) is 6.90. The van der Waals surface area contributed by atoms with Crippen LogP contribution in [-0.2, 0) is 12.8 Å². The van der Waals surface area contributed by atoms with Gasteiger partial charge in [0.05, 0.1) is 10.7 Å². The monoisotopic (exact) mass is 224 g/mol. The molecule has 0 radical (unpaired) electrons. The number of aryl methyl sites for hydroxylation is 2. The standard InChI is InChI=1S/C12H20N2S/c1-2-11-9-15-12(14-11)6-5-10-4-3-7-13-8-10/h9-10,13H,2-8H2,1H3. The normalized spacial score (nSPS) is 21.8. The van der Waals surface area contributed by atoms with E-state index in [0.717, 1.165) is 12.3 Å². The van der Waals surface area contributed by atoms with Gasteiger partial charge in [0.25, 0.3) is 0 Å². The molecule has 1 fully saturated rings. The largest absolute Gasteiger partial charge is 0.316 e. The predicted octanol–water partition coefficient (Wildman–Crippen LogP) is 2.64. The number of hydrogen-bond acceptors (Lipinski definition) is 3. The summed E-state index contributed by atoms with van der Waals surface area (Å²) in [6.45, 7) is 4.60. The zero-order chi connectivity index (χ0) is 10.5. The van der Waals surface area contributed by atoms with E-state index in [0.29, 0.717) is 0 Å². The average molecular weight is 224 g/mol. The summed E-state index contributed by atoms with van der Waals surface area (Å²) in [5.41, 5.74) is 1.26. The molecule has 1 aliphatic heterocycles. The van der Waals surface area contributed by atoms with Crippen LogP contribution in [0.25, 0.3) is 0 Å². The minimum Gasteiger partial charge on any atom is -0.316 e. The van der Waals surface area contributed by atoms with Crippen LogP contribution in [0.4, 0.5) is 0 Å². The molecule has 2 rings (SSSR count). The van der Waals surface area contributed by atoms with E-state index in [4.69, 9.17) is 0 Å². The van der Waals surface area contributed by atoms with Crippen molar-refractivity contribution in [3.05, 3.63) is 16.1 Å². The lowest BCUT2D eigenvalue weighted by Crippen LogP contribution is -2.29. The highest BCUT2D eigenvalue weighted by atomic mass is 32.1. The molecule has 0 aliphatic carbocycles. The molecule has 0 aromatic carbocycles. The van der Waals surface area contributed by atoms with Crippen LogP contribution in [0.5, 0.6) is 0 Å². The van der Waals surface area contributed by atoms with Crippen LogP contribution in [0.1, 0.15) is 36.9 Å². The molecule has 0 spiro atoms. The zero-order valence-electron chi connectivity index (χ0n) is 9.46. The fourth-order valence-corrected chi connectivity index (χ4v) is 3.02. The molecular formula is C12H20N2S. The Kier molecular flexibility index (Phi) is 4.15. The molecule has 2 heterocycles. The van der Waals surface area contributed by atoms with Gasteiger partial charge >= 0.3 is 0 Å². The summed E-state index contributed by atoms with van der Waals surface area (Å²) in [7, 11) is 0. The van der Waals surface area contributed by atoms with Gasteiger partial charge in [-0.25, -0.2) is 4.98 Å². The maximum atomic E-state index is 4.61. The Morgan fingerprint density at radius 3 is 3.20 bits per heavy atom. The maximum absolute atomic E-state index is 4.61. The van der Waals surface area contributed by atoms with E-state index in [9.17, 15) is 0 Å². The first-order chi connectivity index (χ1) is 7.38. The number of rotatable bonds is 4. The minimum absolute atomic E-state index is 0.882. The van der Waals surface area contributed by atoms with Gasteiger partial charge in [-0.3, -0.25) is 0 Å². The predicted molar refractivity (Wildman–Crippen MR) is 65.4 cm³/mol. The third-order valence-corrected chi connectivity index (χ3v) is 4.08. The first-order valence-electron chi connectivity index (χ1n) is 6.02. The van der Waals surface area contributed by atoms with E-state index < -0.39 is 0 Å². The minimum atomic E-state index is 0.882. The molecule has 1 N–H and O–H groups in total. The molecule has 15 heavy (non-hydrogen) atoms. The zero-order valence-corrected chi connectivity index (χ0v) is 10.3. The Hall–Kier alpha value is -0.410. The second-order valence-corrected chi connectivity index (χ2v) is 5.28. The van der Waals surface area contributed by atoms with Crippen molar-refractivity contribution in [2.75, 3.05) is 13.1 Å². The smallest absolute Gasteiger partial charge is 0.0928 e. The maximum Gasteiger partial charge on any atom is 0.0928 e. The summed E-state index contributed by atoms with van der Waals surface area (Å²) >= 11 is 1.83. The van der Waals surface area contributed by atoms with Gasteiger partial charge in [0.1, 0.15) is 0 Å². The van der Waals surface area contributed by atoms with Crippen LogP contribution in [0.15, 0.2) is 5.38 Å². The third kappa shape index (κ3) is 3.28. The number of thiazole rings is 1. The van der Waals surface area contributed by atoms with Gasteiger partial charge < -0.3 is 5.32 Å². The molecule has 1 aromatic rings. The van der Waals surface area contributed by atoms with Crippen LogP contribution in [-0.4, -0.2) is 18.1 Å². The Bertz CT molecular complexity index is 290. The fraction of sp³-hybridized carbons (Fsp3) is 0.750. The van der Waals surface area contributed by atoms with Gasteiger partial charge in [0, 0.05) is 5.38 Å². The summed E-state index contributed by atoms with van der Waals surface area (Å²) < 4.78 is 0. The quantitative estimate of drug-likeness (QED) is 0.850. The van der Waals surface area contributed by atoms with Crippen molar-refractivity contribution in [1.29, 1.82) is 0 Å². The van der Waals surface area contributed by atoms with E-state index in [1.165, 1.54) is 49.5 Å². The molecule has 1 unspecified atom stereocenters. The highest BCUT2D eigenvalue weighted by molar-refractivity contribution is 7.09. The number of hydrogen-bond donors (Lipinski definition) is 1. The molecule has 84 valence electrons. The molecule has 1 aliphatic rings. The van der Waals surface area contributed by atoms with Gasteiger partial charge in [0.2, 0.25) is 0 Å². The summed E-state index contributed by atoms with van der Waals surface area (Å²) in [5, 5.41) is 7.00. The summed E-state index contributed by atoms with van der Waals surface area (Å²) in [5.74, 6) is 0.882. The van der Waals surface area contributed by atoms with E-state index in [-0.39, 0.29) is 0 Å². The summed E-state index contributed by atoms with van der Waals surface area (Å²) in [6, 6.07) is 0. The molecule has 3 heteroatoms.